The molecule has 0 radical (unpaired) electrons. The van der Waals surface area contributed by atoms with Crippen LogP contribution in [0.1, 0.15) is 34.6 Å². The molecule has 3 aromatic rings. The van der Waals surface area contributed by atoms with E-state index in [4.69, 9.17) is 14.7 Å². The number of anilines is 1. The molecule has 0 unspecified atom stereocenters. The second-order valence-electron chi connectivity index (χ2n) is 8.16. The number of ether oxygens (including phenoxy) is 1. The highest BCUT2D eigenvalue weighted by Gasteiger charge is 2.28. The SMILES string of the molecule is COc1cccc(CN2C(=O)CCc3c(C)nc(CN(C)Cc4cccc(F)c4)nc32)c1. The van der Waals surface area contributed by atoms with Crippen molar-refractivity contribution in [1.29, 1.82) is 0 Å². The van der Waals surface area contributed by atoms with Crippen LogP contribution in [0.25, 0.3) is 0 Å². The fraction of sp³-hybridized carbons (Fsp3) is 0.320. The minimum atomic E-state index is -0.247. The lowest BCUT2D eigenvalue weighted by molar-refractivity contribution is -0.119. The van der Waals surface area contributed by atoms with E-state index in [0.717, 1.165) is 28.1 Å². The molecule has 166 valence electrons. The number of aryl methyl sites for hydroxylation is 1. The van der Waals surface area contributed by atoms with Crippen molar-refractivity contribution in [3.8, 4) is 5.75 Å². The van der Waals surface area contributed by atoms with Crippen LogP contribution < -0.4 is 9.64 Å². The van der Waals surface area contributed by atoms with E-state index in [1.165, 1.54) is 12.1 Å². The molecule has 2 heterocycles. The Bertz CT molecular complexity index is 1130. The summed E-state index contributed by atoms with van der Waals surface area (Å²) < 4.78 is 18.8. The molecule has 0 N–H and O–H groups in total. The van der Waals surface area contributed by atoms with Crippen LogP contribution in [-0.4, -0.2) is 34.9 Å². The van der Waals surface area contributed by atoms with Gasteiger partial charge in [0.05, 0.1) is 20.2 Å². The Balaban J connectivity index is 1.58. The summed E-state index contributed by atoms with van der Waals surface area (Å²) in [4.78, 5) is 26.1. The van der Waals surface area contributed by atoms with Crippen molar-refractivity contribution in [2.24, 2.45) is 0 Å². The smallest absolute Gasteiger partial charge is 0.228 e. The Labute approximate surface area is 187 Å². The van der Waals surface area contributed by atoms with E-state index in [1.54, 1.807) is 18.1 Å². The third kappa shape index (κ3) is 4.94. The number of carbonyl (C=O) groups is 1. The second kappa shape index (κ2) is 9.44. The van der Waals surface area contributed by atoms with Crippen LogP contribution in [0, 0.1) is 12.7 Å². The molecule has 0 fully saturated rings. The summed E-state index contributed by atoms with van der Waals surface area (Å²) in [6.07, 6.45) is 1.09. The van der Waals surface area contributed by atoms with Crippen LogP contribution in [0.15, 0.2) is 48.5 Å². The Hall–Kier alpha value is -3.32. The number of amides is 1. The Kier molecular flexibility index (Phi) is 6.46. The average Bonchev–Trinajstić information content (AvgIpc) is 2.76. The number of hydrogen-bond donors (Lipinski definition) is 0. The monoisotopic (exact) mass is 434 g/mol. The van der Waals surface area contributed by atoms with E-state index < -0.39 is 0 Å². The van der Waals surface area contributed by atoms with Gasteiger partial charge in [0, 0.05) is 24.2 Å². The van der Waals surface area contributed by atoms with Gasteiger partial charge in [-0.3, -0.25) is 14.6 Å². The number of nitrogens with zero attached hydrogens (tertiary/aromatic N) is 4. The normalized spacial score (nSPS) is 13.4. The fourth-order valence-corrected chi connectivity index (χ4v) is 4.07. The van der Waals surface area contributed by atoms with Gasteiger partial charge in [0.1, 0.15) is 23.2 Å². The zero-order valence-electron chi connectivity index (χ0n) is 18.6. The molecule has 32 heavy (non-hydrogen) atoms. The lowest BCUT2D eigenvalue weighted by atomic mass is 10.0. The maximum Gasteiger partial charge on any atom is 0.228 e. The Morgan fingerprint density at radius 3 is 2.62 bits per heavy atom. The van der Waals surface area contributed by atoms with Gasteiger partial charge in [-0.25, -0.2) is 14.4 Å². The third-order valence-corrected chi connectivity index (χ3v) is 5.61. The lowest BCUT2D eigenvalue weighted by Gasteiger charge is -2.30. The van der Waals surface area contributed by atoms with Crippen molar-refractivity contribution in [2.75, 3.05) is 19.1 Å². The molecule has 1 aliphatic heterocycles. The van der Waals surface area contributed by atoms with Crippen LogP contribution in [0.3, 0.4) is 0 Å². The van der Waals surface area contributed by atoms with E-state index >= 15 is 0 Å². The number of fused-ring (bicyclic) bond motifs is 1. The average molecular weight is 435 g/mol. The fourth-order valence-electron chi connectivity index (χ4n) is 4.07. The minimum Gasteiger partial charge on any atom is -0.497 e. The van der Waals surface area contributed by atoms with Crippen LogP contribution in [-0.2, 0) is 30.8 Å². The maximum absolute atomic E-state index is 13.5. The number of rotatable bonds is 7. The first-order valence-corrected chi connectivity index (χ1v) is 10.7. The summed E-state index contributed by atoms with van der Waals surface area (Å²) in [5.41, 5.74) is 3.78. The quantitative estimate of drug-likeness (QED) is 0.562. The predicted molar refractivity (Wildman–Crippen MR) is 121 cm³/mol. The number of methoxy groups -OCH3 is 1. The van der Waals surface area contributed by atoms with Gasteiger partial charge in [-0.2, -0.15) is 0 Å². The van der Waals surface area contributed by atoms with E-state index in [9.17, 15) is 9.18 Å². The summed E-state index contributed by atoms with van der Waals surface area (Å²) >= 11 is 0. The standard InChI is InChI=1S/C25H27FN4O2/c1-17-22-10-11-24(31)30(15-19-7-5-9-21(13-19)32-3)25(22)28-23(27-17)16-29(2)14-18-6-4-8-20(26)12-18/h4-9,12-13H,10-11,14-16H2,1-3H3. The molecule has 0 bridgehead atoms. The van der Waals surface area contributed by atoms with Crippen LogP contribution in [0.5, 0.6) is 5.75 Å². The number of carbonyl (C=O) groups excluding carboxylic acids is 1. The molecule has 0 aliphatic carbocycles. The van der Waals surface area contributed by atoms with Crippen LogP contribution >= 0.6 is 0 Å². The van der Waals surface area contributed by atoms with Crippen LogP contribution in [0.4, 0.5) is 10.2 Å². The molecule has 2 aromatic carbocycles. The molecule has 0 spiro atoms. The summed E-state index contributed by atoms with van der Waals surface area (Å²) in [5, 5.41) is 0. The zero-order valence-corrected chi connectivity index (χ0v) is 18.6. The van der Waals surface area contributed by atoms with Crippen molar-refractivity contribution in [1.82, 2.24) is 14.9 Å². The largest absolute Gasteiger partial charge is 0.497 e. The summed E-state index contributed by atoms with van der Waals surface area (Å²) in [6, 6.07) is 14.3. The summed E-state index contributed by atoms with van der Waals surface area (Å²) in [7, 11) is 3.58. The topological polar surface area (TPSA) is 58.6 Å². The van der Waals surface area contributed by atoms with Gasteiger partial charge in [0.2, 0.25) is 5.91 Å². The van der Waals surface area contributed by atoms with Gasteiger partial charge < -0.3 is 4.74 Å². The first-order valence-electron chi connectivity index (χ1n) is 10.7. The molecule has 0 atom stereocenters. The number of hydrogen-bond acceptors (Lipinski definition) is 5. The highest BCUT2D eigenvalue weighted by molar-refractivity contribution is 5.95. The molecule has 0 saturated carbocycles. The molecule has 1 aliphatic rings. The van der Waals surface area contributed by atoms with Gasteiger partial charge >= 0.3 is 0 Å². The van der Waals surface area contributed by atoms with Crippen molar-refractivity contribution < 1.29 is 13.9 Å². The van der Waals surface area contributed by atoms with Crippen molar-refractivity contribution in [2.45, 2.75) is 39.4 Å². The molecular weight excluding hydrogens is 407 g/mol. The Morgan fingerprint density at radius 2 is 1.84 bits per heavy atom. The first kappa shape index (κ1) is 21.9. The van der Waals surface area contributed by atoms with Crippen molar-refractivity contribution in [3.63, 3.8) is 0 Å². The Morgan fingerprint density at radius 1 is 1.06 bits per heavy atom. The number of benzene rings is 2. The molecule has 6 nitrogen and oxygen atoms in total. The highest BCUT2D eigenvalue weighted by Crippen LogP contribution is 2.30. The first-order chi connectivity index (χ1) is 15.4. The van der Waals surface area contributed by atoms with Gasteiger partial charge in [-0.1, -0.05) is 24.3 Å². The maximum atomic E-state index is 13.5. The number of aromatic nitrogens is 2. The van der Waals surface area contributed by atoms with Gasteiger partial charge in [-0.05, 0) is 55.8 Å². The summed E-state index contributed by atoms with van der Waals surface area (Å²) in [5.74, 6) is 1.89. The molecule has 1 amide bonds. The van der Waals surface area contributed by atoms with Gasteiger partial charge in [0.25, 0.3) is 0 Å². The second-order valence-corrected chi connectivity index (χ2v) is 8.16. The van der Waals surface area contributed by atoms with E-state index in [2.05, 4.69) is 0 Å². The van der Waals surface area contributed by atoms with E-state index in [0.29, 0.717) is 44.1 Å². The predicted octanol–water partition coefficient (Wildman–Crippen LogP) is 4.04. The van der Waals surface area contributed by atoms with E-state index in [-0.39, 0.29) is 11.7 Å². The van der Waals surface area contributed by atoms with E-state index in [1.807, 2.05) is 49.2 Å². The third-order valence-electron chi connectivity index (χ3n) is 5.61. The van der Waals surface area contributed by atoms with Crippen molar-refractivity contribution >= 4 is 11.7 Å². The van der Waals surface area contributed by atoms with Crippen molar-refractivity contribution in [3.05, 3.63) is 82.6 Å². The van der Waals surface area contributed by atoms with Crippen LogP contribution in [0.2, 0.25) is 0 Å². The number of halogens is 1. The lowest BCUT2D eigenvalue weighted by Crippen LogP contribution is -2.36. The summed E-state index contributed by atoms with van der Waals surface area (Å²) in [6.45, 7) is 3.46. The highest BCUT2D eigenvalue weighted by atomic mass is 19.1. The van der Waals surface area contributed by atoms with Gasteiger partial charge in [0.15, 0.2) is 0 Å². The molecule has 1 aromatic heterocycles. The molecule has 7 heteroatoms. The molecule has 4 rings (SSSR count). The molecule has 0 saturated heterocycles. The molecular formula is C25H27FN4O2. The minimum absolute atomic E-state index is 0.0532. The van der Waals surface area contributed by atoms with Gasteiger partial charge in [-0.15, -0.1) is 0 Å². The zero-order chi connectivity index (χ0) is 22.7.